The van der Waals surface area contributed by atoms with Gasteiger partial charge in [0.05, 0.1) is 0 Å². The molecule has 1 heterocycles. The Labute approximate surface area is 162 Å². The van der Waals surface area contributed by atoms with E-state index in [2.05, 4.69) is 51.2 Å². The van der Waals surface area contributed by atoms with Crippen LogP contribution in [0.5, 0.6) is 0 Å². The van der Waals surface area contributed by atoms with Crippen molar-refractivity contribution < 1.29 is 4.79 Å². The number of carbonyl (C=O) groups is 1. The third-order valence-corrected chi connectivity index (χ3v) is 5.45. The van der Waals surface area contributed by atoms with Gasteiger partial charge < -0.3 is 4.90 Å². The van der Waals surface area contributed by atoms with Gasteiger partial charge in [0.1, 0.15) is 0 Å². The van der Waals surface area contributed by atoms with Crippen LogP contribution in [0.3, 0.4) is 0 Å². The first-order valence-corrected chi connectivity index (χ1v) is 9.73. The van der Waals surface area contributed by atoms with Crippen LogP contribution < -0.4 is 0 Å². The fourth-order valence-corrected chi connectivity index (χ4v) is 3.86. The maximum Gasteiger partial charge on any atom is 0.253 e. The third kappa shape index (κ3) is 3.81. The highest BCUT2D eigenvalue weighted by atomic mass is 79.9. The molecule has 0 atom stereocenters. The van der Waals surface area contributed by atoms with Gasteiger partial charge in [0.15, 0.2) is 0 Å². The van der Waals surface area contributed by atoms with Crippen LogP contribution in [0, 0.1) is 0 Å². The van der Waals surface area contributed by atoms with Crippen LogP contribution in [-0.2, 0) is 6.54 Å². The zero-order valence-electron chi connectivity index (χ0n) is 14.6. The quantitative estimate of drug-likeness (QED) is 0.633. The molecule has 0 bridgehead atoms. The van der Waals surface area contributed by atoms with Gasteiger partial charge in [-0.2, -0.15) is 0 Å². The topological polar surface area (TPSA) is 23.6 Å². The molecule has 1 fully saturated rings. The van der Waals surface area contributed by atoms with Gasteiger partial charge in [0.2, 0.25) is 0 Å². The van der Waals surface area contributed by atoms with Gasteiger partial charge in [-0.1, -0.05) is 58.4 Å². The van der Waals surface area contributed by atoms with Gasteiger partial charge in [-0.25, -0.2) is 0 Å². The lowest BCUT2D eigenvalue weighted by Crippen LogP contribution is -2.48. The van der Waals surface area contributed by atoms with E-state index < -0.39 is 0 Å². The highest BCUT2D eigenvalue weighted by Crippen LogP contribution is 2.22. The Morgan fingerprint density at radius 1 is 0.846 bits per heavy atom. The molecule has 132 valence electrons. The van der Waals surface area contributed by atoms with Crippen molar-refractivity contribution in [3.63, 3.8) is 0 Å². The van der Waals surface area contributed by atoms with Gasteiger partial charge >= 0.3 is 0 Å². The molecule has 26 heavy (non-hydrogen) atoms. The fourth-order valence-electron chi connectivity index (χ4n) is 3.48. The molecule has 3 nitrogen and oxygen atoms in total. The summed E-state index contributed by atoms with van der Waals surface area (Å²) in [6.45, 7) is 4.35. The predicted molar refractivity (Wildman–Crippen MR) is 109 cm³/mol. The second-order valence-corrected chi connectivity index (χ2v) is 7.68. The number of amides is 1. The lowest BCUT2D eigenvalue weighted by atomic mass is 10.1. The lowest BCUT2D eigenvalue weighted by Gasteiger charge is -2.34. The van der Waals surface area contributed by atoms with E-state index >= 15 is 0 Å². The second kappa shape index (κ2) is 7.60. The minimum absolute atomic E-state index is 0.133. The average molecular weight is 409 g/mol. The number of benzene rings is 3. The van der Waals surface area contributed by atoms with Crippen molar-refractivity contribution in [3.05, 3.63) is 82.3 Å². The largest absolute Gasteiger partial charge is 0.336 e. The Kier molecular flexibility index (Phi) is 5.05. The molecule has 0 aromatic heterocycles. The van der Waals surface area contributed by atoms with Crippen LogP contribution >= 0.6 is 15.9 Å². The molecule has 4 rings (SSSR count). The van der Waals surface area contributed by atoms with E-state index in [0.29, 0.717) is 0 Å². The molecule has 3 aromatic rings. The Balaban J connectivity index is 1.41. The summed E-state index contributed by atoms with van der Waals surface area (Å²) in [6.07, 6.45) is 0. The number of rotatable bonds is 3. The summed E-state index contributed by atoms with van der Waals surface area (Å²) in [5.74, 6) is 0.133. The molecule has 1 aliphatic heterocycles. The molecule has 1 saturated heterocycles. The van der Waals surface area contributed by atoms with Crippen LogP contribution in [0.4, 0.5) is 0 Å². The summed E-state index contributed by atoms with van der Waals surface area (Å²) in [6, 6.07) is 22.6. The normalized spacial score (nSPS) is 15.3. The summed E-state index contributed by atoms with van der Waals surface area (Å²) in [4.78, 5) is 17.3. The number of halogens is 1. The SMILES string of the molecule is O=C(c1ccc2cc(Br)ccc2c1)N1CCN(Cc2ccccc2)CC1. The molecule has 0 unspecified atom stereocenters. The minimum Gasteiger partial charge on any atom is -0.336 e. The molecule has 0 N–H and O–H groups in total. The maximum absolute atomic E-state index is 12.9. The lowest BCUT2D eigenvalue weighted by molar-refractivity contribution is 0.0628. The number of hydrogen-bond donors (Lipinski definition) is 0. The molecule has 0 radical (unpaired) electrons. The first kappa shape index (κ1) is 17.3. The van der Waals surface area contributed by atoms with E-state index in [4.69, 9.17) is 0 Å². The highest BCUT2D eigenvalue weighted by Gasteiger charge is 2.22. The number of nitrogens with zero attached hydrogens (tertiary/aromatic N) is 2. The second-order valence-electron chi connectivity index (χ2n) is 6.76. The van der Waals surface area contributed by atoms with Crippen molar-refractivity contribution in [3.8, 4) is 0 Å². The molecule has 1 amide bonds. The molecule has 1 aliphatic rings. The Morgan fingerprint density at radius 2 is 1.54 bits per heavy atom. The Morgan fingerprint density at radius 3 is 2.31 bits per heavy atom. The van der Waals surface area contributed by atoms with Crippen molar-refractivity contribution in [1.29, 1.82) is 0 Å². The van der Waals surface area contributed by atoms with E-state index in [1.807, 2.05) is 41.3 Å². The molecular formula is C22H21BrN2O. The summed E-state index contributed by atoms with van der Waals surface area (Å²) in [5.41, 5.74) is 2.10. The minimum atomic E-state index is 0.133. The smallest absolute Gasteiger partial charge is 0.253 e. The molecule has 0 aliphatic carbocycles. The van der Waals surface area contributed by atoms with Crippen molar-refractivity contribution in [2.45, 2.75) is 6.54 Å². The van der Waals surface area contributed by atoms with E-state index in [1.165, 1.54) is 5.56 Å². The Hall–Kier alpha value is -2.17. The Bertz CT molecular complexity index is 918. The van der Waals surface area contributed by atoms with E-state index in [0.717, 1.165) is 53.5 Å². The van der Waals surface area contributed by atoms with E-state index in [1.54, 1.807) is 0 Å². The van der Waals surface area contributed by atoms with Crippen molar-refractivity contribution in [1.82, 2.24) is 9.80 Å². The fraction of sp³-hybridized carbons (Fsp3) is 0.227. The van der Waals surface area contributed by atoms with E-state index in [-0.39, 0.29) is 5.91 Å². The van der Waals surface area contributed by atoms with Gasteiger partial charge in [0, 0.05) is 42.8 Å². The van der Waals surface area contributed by atoms with Gasteiger partial charge in [-0.3, -0.25) is 9.69 Å². The summed E-state index contributed by atoms with van der Waals surface area (Å²) in [5, 5.41) is 2.24. The first-order valence-electron chi connectivity index (χ1n) is 8.94. The molecule has 3 aromatic carbocycles. The summed E-state index contributed by atoms with van der Waals surface area (Å²) in [7, 11) is 0. The van der Waals surface area contributed by atoms with Crippen LogP contribution in [0.1, 0.15) is 15.9 Å². The predicted octanol–water partition coefficient (Wildman–Crippen LogP) is 4.56. The highest BCUT2D eigenvalue weighted by molar-refractivity contribution is 9.10. The molecule has 0 saturated carbocycles. The zero-order chi connectivity index (χ0) is 17.9. The first-order chi connectivity index (χ1) is 12.7. The van der Waals surface area contributed by atoms with E-state index in [9.17, 15) is 4.79 Å². The third-order valence-electron chi connectivity index (χ3n) is 4.96. The number of hydrogen-bond acceptors (Lipinski definition) is 2. The van der Waals surface area contributed by atoms with Crippen LogP contribution in [0.15, 0.2) is 71.2 Å². The standard InChI is InChI=1S/C22H21BrN2O/c23-21-9-8-18-14-20(7-6-19(18)15-21)22(26)25-12-10-24(11-13-25)16-17-4-2-1-3-5-17/h1-9,14-15H,10-13,16H2. The summed E-state index contributed by atoms with van der Waals surface area (Å²) < 4.78 is 1.05. The van der Waals surface area contributed by atoms with Gasteiger partial charge in [0.25, 0.3) is 5.91 Å². The van der Waals surface area contributed by atoms with Crippen molar-refractivity contribution in [2.24, 2.45) is 0 Å². The average Bonchev–Trinajstić information content (AvgIpc) is 2.68. The molecule has 0 spiro atoms. The molecular weight excluding hydrogens is 388 g/mol. The van der Waals surface area contributed by atoms with Crippen molar-refractivity contribution in [2.75, 3.05) is 26.2 Å². The van der Waals surface area contributed by atoms with Crippen LogP contribution in [-0.4, -0.2) is 41.9 Å². The number of piperazine rings is 1. The number of carbonyl (C=O) groups excluding carboxylic acids is 1. The number of fused-ring (bicyclic) bond motifs is 1. The monoisotopic (exact) mass is 408 g/mol. The van der Waals surface area contributed by atoms with Gasteiger partial charge in [-0.05, 0) is 40.6 Å². The molecule has 4 heteroatoms. The zero-order valence-corrected chi connectivity index (χ0v) is 16.2. The maximum atomic E-state index is 12.9. The van der Waals surface area contributed by atoms with Crippen LogP contribution in [0.25, 0.3) is 10.8 Å². The van der Waals surface area contributed by atoms with Gasteiger partial charge in [-0.15, -0.1) is 0 Å². The summed E-state index contributed by atoms with van der Waals surface area (Å²) >= 11 is 3.49. The van der Waals surface area contributed by atoms with Crippen LogP contribution in [0.2, 0.25) is 0 Å². The van der Waals surface area contributed by atoms with Crippen molar-refractivity contribution >= 4 is 32.6 Å².